The lowest BCUT2D eigenvalue weighted by molar-refractivity contribution is -0.119. The average Bonchev–Trinajstić information content (AvgIpc) is 2.64. The lowest BCUT2D eigenvalue weighted by atomic mass is 10.1. The van der Waals surface area contributed by atoms with Gasteiger partial charge in [0, 0.05) is 6.42 Å². The van der Waals surface area contributed by atoms with Crippen LogP contribution >= 0.6 is 0 Å². The molecule has 2 atom stereocenters. The van der Waals surface area contributed by atoms with Gasteiger partial charge in [-0.2, -0.15) is 0 Å². The minimum atomic E-state index is 0.221. The highest BCUT2D eigenvalue weighted by Crippen LogP contribution is 2.26. The fourth-order valence-corrected chi connectivity index (χ4v) is 2.44. The van der Waals surface area contributed by atoms with Gasteiger partial charge in [-0.1, -0.05) is 39.0 Å². The van der Waals surface area contributed by atoms with Crippen molar-refractivity contribution < 1.29 is 9.53 Å². The Labute approximate surface area is 99.8 Å². The molecular weight excluding hydrogens is 200 g/mol. The third kappa shape index (κ3) is 5.64. The summed E-state index contributed by atoms with van der Waals surface area (Å²) in [7, 11) is 0. The maximum Gasteiger partial charge on any atom is 0.132 e. The van der Waals surface area contributed by atoms with Crippen molar-refractivity contribution in [3.63, 3.8) is 0 Å². The maximum absolute atomic E-state index is 11.0. The van der Waals surface area contributed by atoms with Gasteiger partial charge in [-0.15, -0.1) is 0 Å². The lowest BCUT2D eigenvalue weighted by Gasteiger charge is -2.12. The normalized spacial score (nSPS) is 24.9. The van der Waals surface area contributed by atoms with E-state index in [-0.39, 0.29) is 11.9 Å². The summed E-state index contributed by atoms with van der Waals surface area (Å²) in [6, 6.07) is 0. The van der Waals surface area contributed by atoms with E-state index < -0.39 is 0 Å². The van der Waals surface area contributed by atoms with Crippen molar-refractivity contribution in [3.8, 4) is 0 Å². The van der Waals surface area contributed by atoms with Crippen molar-refractivity contribution in [2.24, 2.45) is 0 Å². The van der Waals surface area contributed by atoms with Crippen LogP contribution in [0.25, 0.3) is 0 Å². The summed E-state index contributed by atoms with van der Waals surface area (Å²) in [5.41, 5.74) is 0. The van der Waals surface area contributed by atoms with Gasteiger partial charge in [0.2, 0.25) is 0 Å². The highest BCUT2D eigenvalue weighted by atomic mass is 16.5. The summed E-state index contributed by atoms with van der Waals surface area (Å²) in [6.45, 7) is 3.90. The van der Waals surface area contributed by atoms with Crippen molar-refractivity contribution in [2.45, 2.75) is 83.8 Å². The van der Waals surface area contributed by atoms with Crippen LogP contribution in [-0.4, -0.2) is 18.0 Å². The van der Waals surface area contributed by atoms with Crippen molar-refractivity contribution >= 4 is 5.78 Å². The first-order valence-corrected chi connectivity index (χ1v) is 6.87. The first-order valence-electron chi connectivity index (χ1n) is 6.87. The first kappa shape index (κ1) is 13.7. The molecule has 1 saturated heterocycles. The van der Waals surface area contributed by atoms with E-state index in [0.717, 1.165) is 12.8 Å². The van der Waals surface area contributed by atoms with Gasteiger partial charge in [0.15, 0.2) is 0 Å². The predicted octanol–water partition coefficient (Wildman–Crippen LogP) is 3.87. The van der Waals surface area contributed by atoms with Crippen molar-refractivity contribution in [3.05, 3.63) is 0 Å². The number of ketones is 1. The minimum absolute atomic E-state index is 0.221. The molecule has 0 bridgehead atoms. The van der Waals surface area contributed by atoms with Crippen molar-refractivity contribution in [1.82, 2.24) is 0 Å². The quantitative estimate of drug-likeness (QED) is 0.587. The topological polar surface area (TPSA) is 26.3 Å². The van der Waals surface area contributed by atoms with Crippen LogP contribution in [0.15, 0.2) is 0 Å². The Hall–Kier alpha value is -0.370. The zero-order chi connectivity index (χ0) is 11.8. The van der Waals surface area contributed by atoms with Crippen LogP contribution in [0.2, 0.25) is 0 Å². The molecule has 16 heavy (non-hydrogen) atoms. The van der Waals surface area contributed by atoms with Gasteiger partial charge in [0.1, 0.15) is 5.78 Å². The summed E-state index contributed by atoms with van der Waals surface area (Å²) in [6.07, 6.45) is 11.4. The minimum Gasteiger partial charge on any atom is -0.375 e. The van der Waals surface area contributed by atoms with Crippen LogP contribution in [0.1, 0.15) is 71.6 Å². The Morgan fingerprint density at radius 3 is 2.50 bits per heavy atom. The molecule has 0 aliphatic carbocycles. The Morgan fingerprint density at radius 2 is 1.81 bits per heavy atom. The lowest BCUT2D eigenvalue weighted by Crippen LogP contribution is -2.13. The molecule has 0 aromatic carbocycles. The molecule has 0 saturated carbocycles. The number of Topliss-reactive ketones (excluding diaryl/α,β-unsaturated/α-hetero) is 1. The summed E-state index contributed by atoms with van der Waals surface area (Å²) in [4.78, 5) is 11.0. The van der Waals surface area contributed by atoms with Crippen LogP contribution < -0.4 is 0 Å². The Bertz CT molecular complexity index is 201. The van der Waals surface area contributed by atoms with E-state index in [9.17, 15) is 4.79 Å². The molecule has 0 spiro atoms. The van der Waals surface area contributed by atoms with Crippen LogP contribution in [0, 0.1) is 0 Å². The molecule has 0 amide bonds. The Balaban J connectivity index is 2.01. The second kappa shape index (κ2) is 7.83. The van der Waals surface area contributed by atoms with Crippen molar-refractivity contribution in [1.29, 1.82) is 0 Å². The fourth-order valence-electron chi connectivity index (χ4n) is 2.44. The molecule has 2 nitrogen and oxygen atoms in total. The number of carbonyl (C=O) groups excluding carboxylic acids is 1. The molecule has 1 heterocycles. The number of rotatable bonds is 8. The third-order valence-electron chi connectivity index (χ3n) is 3.34. The Kier molecular flexibility index (Phi) is 6.70. The molecule has 1 rings (SSSR count). The molecule has 1 fully saturated rings. The number of hydrogen-bond donors (Lipinski definition) is 0. The van der Waals surface area contributed by atoms with Crippen LogP contribution in [0.5, 0.6) is 0 Å². The fraction of sp³-hybridized carbons (Fsp3) is 0.929. The van der Waals surface area contributed by atoms with Crippen LogP contribution in [0.3, 0.4) is 0 Å². The predicted molar refractivity (Wildman–Crippen MR) is 66.6 cm³/mol. The van der Waals surface area contributed by atoms with Crippen LogP contribution in [0.4, 0.5) is 0 Å². The van der Waals surface area contributed by atoms with E-state index in [4.69, 9.17) is 4.74 Å². The number of ether oxygens (including phenoxy) is 1. The SMILES string of the molecule is CCCCCCCC1CCC(CC(C)=O)O1. The highest BCUT2D eigenvalue weighted by molar-refractivity contribution is 5.75. The molecule has 0 radical (unpaired) electrons. The zero-order valence-corrected chi connectivity index (χ0v) is 10.8. The van der Waals surface area contributed by atoms with E-state index in [1.54, 1.807) is 6.92 Å². The summed E-state index contributed by atoms with van der Waals surface area (Å²) in [5, 5.41) is 0. The van der Waals surface area contributed by atoms with Crippen molar-refractivity contribution in [2.75, 3.05) is 0 Å². The van der Waals surface area contributed by atoms with Gasteiger partial charge in [0.25, 0.3) is 0 Å². The molecule has 2 unspecified atom stereocenters. The first-order chi connectivity index (χ1) is 7.72. The van der Waals surface area contributed by atoms with E-state index in [2.05, 4.69) is 6.92 Å². The smallest absolute Gasteiger partial charge is 0.132 e. The standard InChI is InChI=1S/C14H26O2/c1-3-4-5-6-7-8-13-9-10-14(16-13)11-12(2)15/h13-14H,3-11H2,1-2H3. The van der Waals surface area contributed by atoms with Gasteiger partial charge < -0.3 is 4.74 Å². The van der Waals surface area contributed by atoms with E-state index >= 15 is 0 Å². The van der Waals surface area contributed by atoms with Gasteiger partial charge >= 0.3 is 0 Å². The van der Waals surface area contributed by atoms with Crippen LogP contribution in [-0.2, 0) is 9.53 Å². The third-order valence-corrected chi connectivity index (χ3v) is 3.34. The maximum atomic E-state index is 11.0. The van der Waals surface area contributed by atoms with Gasteiger partial charge in [0.05, 0.1) is 12.2 Å². The zero-order valence-electron chi connectivity index (χ0n) is 10.8. The van der Waals surface area contributed by atoms with Gasteiger partial charge in [-0.3, -0.25) is 4.79 Å². The van der Waals surface area contributed by atoms with E-state index in [0.29, 0.717) is 12.5 Å². The largest absolute Gasteiger partial charge is 0.375 e. The molecule has 0 aromatic heterocycles. The molecule has 0 N–H and O–H groups in total. The monoisotopic (exact) mass is 226 g/mol. The molecule has 0 aromatic rings. The van der Waals surface area contributed by atoms with E-state index in [1.807, 2.05) is 0 Å². The summed E-state index contributed by atoms with van der Waals surface area (Å²) < 4.78 is 5.86. The number of unbranched alkanes of at least 4 members (excludes halogenated alkanes) is 4. The molecule has 1 aliphatic rings. The average molecular weight is 226 g/mol. The summed E-state index contributed by atoms with van der Waals surface area (Å²) in [5.74, 6) is 0.258. The van der Waals surface area contributed by atoms with Gasteiger partial charge in [-0.05, 0) is 26.2 Å². The molecule has 94 valence electrons. The highest BCUT2D eigenvalue weighted by Gasteiger charge is 2.25. The van der Waals surface area contributed by atoms with E-state index in [1.165, 1.54) is 38.5 Å². The number of carbonyl (C=O) groups is 1. The second-order valence-corrected chi connectivity index (χ2v) is 5.07. The number of hydrogen-bond acceptors (Lipinski definition) is 2. The molecule has 2 heteroatoms. The second-order valence-electron chi connectivity index (χ2n) is 5.07. The molecule has 1 aliphatic heterocycles. The summed E-state index contributed by atoms with van der Waals surface area (Å²) >= 11 is 0. The van der Waals surface area contributed by atoms with Gasteiger partial charge in [-0.25, -0.2) is 0 Å². The molecular formula is C14H26O2. The Morgan fingerprint density at radius 1 is 1.12 bits per heavy atom.